The Bertz CT molecular complexity index is 972. The van der Waals surface area contributed by atoms with Gasteiger partial charge in [0.25, 0.3) is 17.7 Å². The van der Waals surface area contributed by atoms with Crippen LogP contribution in [0, 0.1) is 0 Å². The van der Waals surface area contributed by atoms with E-state index in [0.29, 0.717) is 11.5 Å². The maximum Gasteiger partial charge on any atom is 0.326 e. The first-order chi connectivity index (χ1) is 13.7. The van der Waals surface area contributed by atoms with Crippen LogP contribution in [0.3, 0.4) is 0 Å². The third kappa shape index (κ3) is 5.29. The number of thiophene rings is 1. The Balaban J connectivity index is 1.51. The lowest BCUT2D eigenvalue weighted by Gasteiger charge is -2.19. The van der Waals surface area contributed by atoms with Gasteiger partial charge in [0, 0.05) is 5.56 Å². The van der Waals surface area contributed by atoms with Crippen LogP contribution in [-0.2, 0) is 14.9 Å². The molecule has 0 saturated carbocycles. The van der Waals surface area contributed by atoms with Crippen molar-refractivity contribution < 1.29 is 18.7 Å². The van der Waals surface area contributed by atoms with Gasteiger partial charge in [-0.15, -0.1) is 21.5 Å². The van der Waals surface area contributed by atoms with Crippen LogP contribution in [0.2, 0.25) is 0 Å². The van der Waals surface area contributed by atoms with Crippen molar-refractivity contribution in [1.82, 2.24) is 15.5 Å². The summed E-state index contributed by atoms with van der Waals surface area (Å²) >= 11 is 1.47. The zero-order valence-electron chi connectivity index (χ0n) is 16.8. The summed E-state index contributed by atoms with van der Waals surface area (Å²) in [5, 5.41) is 12.3. The zero-order valence-corrected chi connectivity index (χ0v) is 17.6. The van der Waals surface area contributed by atoms with Gasteiger partial charge < -0.3 is 14.5 Å². The molecule has 7 nitrogen and oxygen atoms in total. The number of esters is 1. The lowest BCUT2D eigenvalue weighted by Crippen LogP contribution is -2.31. The van der Waals surface area contributed by atoms with Crippen LogP contribution in [0.5, 0.6) is 0 Å². The second-order valence-electron chi connectivity index (χ2n) is 7.56. The fraction of sp³-hybridized carbons (Fsp3) is 0.333. The molecule has 0 unspecified atom stereocenters. The molecule has 3 rings (SSSR count). The van der Waals surface area contributed by atoms with Gasteiger partial charge in [-0.05, 0) is 41.5 Å². The van der Waals surface area contributed by atoms with Gasteiger partial charge in [-0.25, -0.2) is 0 Å². The second kappa shape index (κ2) is 8.57. The number of nitrogens with zero attached hydrogens (tertiary/aromatic N) is 2. The summed E-state index contributed by atoms with van der Waals surface area (Å²) in [6.07, 6.45) is -0.716. The van der Waals surface area contributed by atoms with Crippen LogP contribution in [0.15, 0.2) is 46.2 Å². The van der Waals surface area contributed by atoms with Gasteiger partial charge in [-0.1, -0.05) is 39.0 Å². The lowest BCUT2D eigenvalue weighted by molar-refractivity contribution is -0.148. The molecule has 0 aliphatic carbocycles. The molecule has 0 spiro atoms. The Morgan fingerprint density at radius 3 is 2.52 bits per heavy atom. The van der Waals surface area contributed by atoms with Gasteiger partial charge in [-0.2, -0.15) is 0 Å². The van der Waals surface area contributed by atoms with Crippen molar-refractivity contribution in [3.8, 4) is 10.8 Å². The molecule has 3 aromatic rings. The lowest BCUT2D eigenvalue weighted by atomic mass is 9.87. The molecule has 0 saturated heterocycles. The number of nitrogens with one attached hydrogen (secondary N) is 1. The normalized spacial score (nSPS) is 12.4. The topological polar surface area (TPSA) is 94.3 Å². The highest BCUT2D eigenvalue weighted by Gasteiger charge is 2.20. The van der Waals surface area contributed by atoms with E-state index in [1.807, 2.05) is 29.6 Å². The number of amides is 1. The maximum atomic E-state index is 12.2. The van der Waals surface area contributed by atoms with Crippen LogP contribution in [0.1, 0.15) is 55.6 Å². The van der Waals surface area contributed by atoms with Gasteiger partial charge in [-0.3, -0.25) is 9.59 Å². The molecule has 2 aromatic heterocycles. The maximum absolute atomic E-state index is 12.2. The van der Waals surface area contributed by atoms with Crippen LogP contribution >= 0.6 is 11.3 Å². The molecule has 0 bridgehead atoms. The molecule has 0 aliphatic rings. The van der Waals surface area contributed by atoms with Crippen molar-refractivity contribution in [2.75, 3.05) is 6.54 Å². The Labute approximate surface area is 173 Å². The van der Waals surface area contributed by atoms with Crippen molar-refractivity contribution in [2.24, 2.45) is 0 Å². The summed E-state index contributed by atoms with van der Waals surface area (Å²) in [5.41, 5.74) is 1.62. The minimum atomic E-state index is -0.716. The smallest absolute Gasteiger partial charge is 0.326 e. The SMILES string of the molecule is C[C@H](OC(=O)CNC(=O)c1ccc(C(C)(C)C)cc1)c1nnc(-c2cccs2)o1. The van der Waals surface area contributed by atoms with Gasteiger partial charge in [0.15, 0.2) is 6.10 Å². The van der Waals surface area contributed by atoms with Crippen molar-refractivity contribution in [1.29, 1.82) is 0 Å². The third-order valence-corrected chi connectivity index (χ3v) is 5.09. The zero-order chi connectivity index (χ0) is 21.0. The van der Waals surface area contributed by atoms with Crippen LogP contribution in [0.4, 0.5) is 0 Å². The first-order valence-corrected chi connectivity index (χ1v) is 10.1. The molecule has 0 fully saturated rings. The minimum absolute atomic E-state index is 0.00700. The number of hydrogen-bond acceptors (Lipinski definition) is 7. The first-order valence-electron chi connectivity index (χ1n) is 9.19. The number of hydrogen-bond donors (Lipinski definition) is 1. The summed E-state index contributed by atoms with van der Waals surface area (Å²) in [6, 6.07) is 11.1. The van der Waals surface area contributed by atoms with E-state index in [4.69, 9.17) is 9.15 Å². The summed E-state index contributed by atoms with van der Waals surface area (Å²) in [7, 11) is 0. The summed E-state index contributed by atoms with van der Waals surface area (Å²) < 4.78 is 10.8. The average Bonchev–Trinajstić information content (AvgIpc) is 3.36. The molecule has 0 aliphatic heterocycles. The van der Waals surface area contributed by atoms with E-state index in [2.05, 4.69) is 36.3 Å². The standard InChI is InChI=1S/C21H23N3O4S/c1-13(19-23-24-20(28-19)16-6-5-11-29-16)27-17(25)12-22-18(26)14-7-9-15(10-8-14)21(2,3)4/h5-11,13H,12H2,1-4H3,(H,22,26)/t13-/m0/s1. The van der Waals surface area contributed by atoms with Gasteiger partial charge in [0.05, 0.1) is 4.88 Å². The molecule has 2 heterocycles. The largest absolute Gasteiger partial charge is 0.451 e. The summed E-state index contributed by atoms with van der Waals surface area (Å²) in [4.78, 5) is 25.1. The van der Waals surface area contributed by atoms with Crippen LogP contribution in [0.25, 0.3) is 10.8 Å². The monoisotopic (exact) mass is 413 g/mol. The van der Waals surface area contributed by atoms with E-state index in [1.165, 1.54) is 11.3 Å². The Morgan fingerprint density at radius 2 is 1.90 bits per heavy atom. The average molecular weight is 413 g/mol. The summed E-state index contributed by atoms with van der Waals surface area (Å²) in [6.45, 7) is 7.69. The van der Waals surface area contributed by atoms with Crippen molar-refractivity contribution in [3.05, 3.63) is 58.8 Å². The van der Waals surface area contributed by atoms with Crippen molar-refractivity contribution in [3.63, 3.8) is 0 Å². The van der Waals surface area contributed by atoms with E-state index in [1.54, 1.807) is 19.1 Å². The molecule has 1 amide bonds. The van der Waals surface area contributed by atoms with E-state index >= 15 is 0 Å². The highest BCUT2D eigenvalue weighted by Crippen LogP contribution is 2.26. The number of aromatic nitrogens is 2. The molecule has 29 heavy (non-hydrogen) atoms. The fourth-order valence-corrected chi connectivity index (χ4v) is 3.21. The predicted molar refractivity (Wildman–Crippen MR) is 110 cm³/mol. The minimum Gasteiger partial charge on any atom is -0.451 e. The summed E-state index contributed by atoms with van der Waals surface area (Å²) in [5.74, 6) is -0.350. The van der Waals surface area contributed by atoms with Gasteiger partial charge >= 0.3 is 5.97 Å². The fourth-order valence-electron chi connectivity index (χ4n) is 2.56. The number of ether oxygens (including phenoxy) is 1. The number of carbonyl (C=O) groups excluding carboxylic acids is 2. The molecule has 1 atom stereocenters. The molecule has 152 valence electrons. The van der Waals surface area contributed by atoms with Gasteiger partial charge in [0.2, 0.25) is 0 Å². The van der Waals surface area contributed by atoms with Gasteiger partial charge in [0.1, 0.15) is 6.54 Å². The van der Waals surface area contributed by atoms with Crippen molar-refractivity contribution in [2.45, 2.75) is 39.2 Å². The Hall–Kier alpha value is -3.00. The molecule has 8 heteroatoms. The quantitative estimate of drug-likeness (QED) is 0.611. The number of rotatable bonds is 6. The third-order valence-electron chi connectivity index (χ3n) is 4.23. The molecule has 0 radical (unpaired) electrons. The molecule has 1 N–H and O–H groups in total. The van der Waals surface area contributed by atoms with Crippen LogP contribution < -0.4 is 5.32 Å². The molecular formula is C21H23N3O4S. The van der Waals surface area contributed by atoms with E-state index in [0.717, 1.165) is 10.4 Å². The van der Waals surface area contributed by atoms with E-state index in [-0.39, 0.29) is 23.8 Å². The molecular weight excluding hydrogens is 390 g/mol. The highest BCUT2D eigenvalue weighted by atomic mass is 32.1. The number of carbonyl (C=O) groups is 2. The predicted octanol–water partition coefficient (Wildman–Crippen LogP) is 4.13. The highest BCUT2D eigenvalue weighted by molar-refractivity contribution is 7.13. The molecule has 1 aromatic carbocycles. The van der Waals surface area contributed by atoms with Crippen molar-refractivity contribution >= 4 is 23.2 Å². The number of benzene rings is 1. The Morgan fingerprint density at radius 1 is 1.17 bits per heavy atom. The second-order valence-corrected chi connectivity index (χ2v) is 8.51. The first kappa shape index (κ1) is 20.7. The van der Waals surface area contributed by atoms with Crippen LogP contribution in [-0.4, -0.2) is 28.6 Å². The Kier molecular flexibility index (Phi) is 6.12. The van der Waals surface area contributed by atoms with E-state index < -0.39 is 12.1 Å². The van der Waals surface area contributed by atoms with E-state index in [9.17, 15) is 9.59 Å².